The average Bonchev–Trinajstić information content (AvgIpc) is 2.91. The van der Waals surface area contributed by atoms with E-state index >= 15 is 0 Å². The number of benzene rings is 2. The van der Waals surface area contributed by atoms with Crippen molar-refractivity contribution in [2.75, 3.05) is 11.9 Å². The first-order valence-electron chi connectivity index (χ1n) is 8.93. The van der Waals surface area contributed by atoms with Gasteiger partial charge in [-0.3, -0.25) is 19.3 Å². The third kappa shape index (κ3) is 2.90. The van der Waals surface area contributed by atoms with Crippen molar-refractivity contribution in [2.45, 2.75) is 19.3 Å². The van der Waals surface area contributed by atoms with E-state index in [1.807, 2.05) is 54.6 Å². The molecule has 26 heavy (non-hydrogen) atoms. The number of likely N-dealkylation sites (tertiary alicyclic amines) is 1. The Bertz CT molecular complexity index is 887. The Labute approximate surface area is 151 Å². The zero-order valence-corrected chi connectivity index (χ0v) is 14.4. The van der Waals surface area contributed by atoms with Gasteiger partial charge in [-0.15, -0.1) is 0 Å². The van der Waals surface area contributed by atoms with Crippen molar-refractivity contribution in [2.24, 2.45) is 11.8 Å². The summed E-state index contributed by atoms with van der Waals surface area (Å²) < 4.78 is 0. The van der Waals surface area contributed by atoms with Crippen LogP contribution in [0.2, 0.25) is 0 Å². The Hall–Kier alpha value is -2.95. The van der Waals surface area contributed by atoms with Gasteiger partial charge in [-0.25, -0.2) is 0 Å². The molecule has 0 saturated carbocycles. The summed E-state index contributed by atoms with van der Waals surface area (Å²) in [7, 11) is 0. The van der Waals surface area contributed by atoms with Crippen LogP contribution in [0.25, 0.3) is 10.8 Å². The first kappa shape index (κ1) is 16.5. The number of amides is 3. The number of hydrogen-bond acceptors (Lipinski definition) is 3. The van der Waals surface area contributed by atoms with E-state index in [1.54, 1.807) is 0 Å². The van der Waals surface area contributed by atoms with Crippen LogP contribution in [0.4, 0.5) is 5.69 Å². The lowest BCUT2D eigenvalue weighted by Gasteiger charge is -2.15. The molecule has 132 valence electrons. The van der Waals surface area contributed by atoms with E-state index in [4.69, 9.17) is 0 Å². The van der Waals surface area contributed by atoms with Crippen molar-refractivity contribution in [1.82, 2.24) is 4.90 Å². The first-order chi connectivity index (χ1) is 12.6. The second kappa shape index (κ2) is 6.75. The molecule has 1 fully saturated rings. The predicted octanol–water partition coefficient (Wildman–Crippen LogP) is 3.12. The molecular weight excluding hydrogens is 328 g/mol. The smallest absolute Gasteiger partial charge is 0.233 e. The van der Waals surface area contributed by atoms with Crippen molar-refractivity contribution in [3.8, 4) is 0 Å². The number of hydrogen-bond donors (Lipinski definition) is 1. The highest BCUT2D eigenvalue weighted by molar-refractivity contribution is 6.06. The maximum absolute atomic E-state index is 12.4. The van der Waals surface area contributed by atoms with E-state index in [-0.39, 0.29) is 42.5 Å². The van der Waals surface area contributed by atoms with E-state index in [1.165, 1.54) is 4.90 Å². The lowest BCUT2D eigenvalue weighted by molar-refractivity contribution is -0.140. The number of rotatable bonds is 4. The highest BCUT2D eigenvalue weighted by atomic mass is 16.2. The summed E-state index contributed by atoms with van der Waals surface area (Å²) in [4.78, 5) is 38.5. The molecule has 5 nitrogen and oxygen atoms in total. The lowest BCUT2D eigenvalue weighted by Crippen LogP contribution is -2.34. The van der Waals surface area contributed by atoms with Gasteiger partial charge in [0.2, 0.25) is 17.7 Å². The lowest BCUT2D eigenvalue weighted by atomic mass is 9.85. The Kier molecular flexibility index (Phi) is 4.29. The molecule has 0 unspecified atom stereocenters. The molecule has 0 aromatic heterocycles. The fourth-order valence-electron chi connectivity index (χ4n) is 3.85. The van der Waals surface area contributed by atoms with Crippen LogP contribution < -0.4 is 5.32 Å². The summed E-state index contributed by atoms with van der Waals surface area (Å²) in [5.41, 5.74) is 0.741. The fraction of sp³-hybridized carbons (Fsp3) is 0.286. The summed E-state index contributed by atoms with van der Waals surface area (Å²) in [5, 5.41) is 4.92. The molecule has 2 aliphatic rings. The van der Waals surface area contributed by atoms with E-state index < -0.39 is 0 Å². The molecule has 1 saturated heterocycles. The van der Waals surface area contributed by atoms with Gasteiger partial charge in [0, 0.05) is 24.0 Å². The zero-order chi connectivity index (χ0) is 18.1. The Morgan fingerprint density at radius 1 is 0.962 bits per heavy atom. The van der Waals surface area contributed by atoms with Crippen molar-refractivity contribution < 1.29 is 14.4 Å². The van der Waals surface area contributed by atoms with E-state index in [0.29, 0.717) is 12.8 Å². The van der Waals surface area contributed by atoms with Gasteiger partial charge in [0.15, 0.2) is 0 Å². The number of fused-ring (bicyclic) bond motifs is 2. The molecule has 1 aliphatic carbocycles. The highest BCUT2D eigenvalue weighted by Gasteiger charge is 2.46. The van der Waals surface area contributed by atoms with Crippen molar-refractivity contribution >= 4 is 34.2 Å². The molecule has 1 N–H and O–H groups in total. The zero-order valence-electron chi connectivity index (χ0n) is 14.4. The van der Waals surface area contributed by atoms with Crippen LogP contribution in [0.3, 0.4) is 0 Å². The van der Waals surface area contributed by atoms with E-state index in [2.05, 4.69) is 5.32 Å². The van der Waals surface area contributed by atoms with E-state index in [0.717, 1.165) is 16.5 Å². The molecule has 4 rings (SSSR count). The highest BCUT2D eigenvalue weighted by Crippen LogP contribution is 2.35. The van der Waals surface area contributed by atoms with Gasteiger partial charge in [0.25, 0.3) is 0 Å². The number of imide groups is 1. The number of nitrogens with one attached hydrogen (secondary N) is 1. The molecule has 3 amide bonds. The summed E-state index contributed by atoms with van der Waals surface area (Å²) in [6, 6.07) is 13.6. The molecule has 0 bridgehead atoms. The fourth-order valence-corrected chi connectivity index (χ4v) is 3.85. The summed E-state index contributed by atoms with van der Waals surface area (Å²) >= 11 is 0. The minimum Gasteiger partial charge on any atom is -0.325 e. The molecule has 2 aromatic rings. The number of allylic oxidation sites excluding steroid dienone is 2. The van der Waals surface area contributed by atoms with Crippen LogP contribution >= 0.6 is 0 Å². The largest absolute Gasteiger partial charge is 0.325 e. The SMILES string of the molecule is O=C(CCN1C(=O)[C@H]2CC=CC[C@H]2C1=O)Nc1cccc2ccccc12. The normalized spacial score (nSPS) is 21.9. The maximum Gasteiger partial charge on any atom is 0.233 e. The van der Waals surface area contributed by atoms with Gasteiger partial charge in [0.05, 0.1) is 11.8 Å². The van der Waals surface area contributed by atoms with Crippen LogP contribution in [0.5, 0.6) is 0 Å². The molecule has 0 radical (unpaired) electrons. The Balaban J connectivity index is 1.41. The molecule has 2 atom stereocenters. The molecule has 2 aromatic carbocycles. The van der Waals surface area contributed by atoms with E-state index in [9.17, 15) is 14.4 Å². The van der Waals surface area contributed by atoms with Crippen LogP contribution in [-0.4, -0.2) is 29.2 Å². The maximum atomic E-state index is 12.4. The summed E-state index contributed by atoms with van der Waals surface area (Å²) in [6.07, 6.45) is 5.27. The van der Waals surface area contributed by atoms with Crippen LogP contribution in [0.15, 0.2) is 54.6 Å². The average molecular weight is 348 g/mol. The van der Waals surface area contributed by atoms with Gasteiger partial charge >= 0.3 is 0 Å². The summed E-state index contributed by atoms with van der Waals surface area (Å²) in [6.45, 7) is 0.140. The standard InChI is InChI=1S/C21H20N2O3/c24-19(22-18-11-5-7-14-6-1-2-8-15(14)18)12-13-23-20(25)16-9-3-4-10-17(16)21(23)26/h1-8,11,16-17H,9-10,12-13H2,(H,22,24)/t16-,17+. The Morgan fingerprint density at radius 3 is 2.35 bits per heavy atom. The number of anilines is 1. The Morgan fingerprint density at radius 2 is 1.62 bits per heavy atom. The van der Waals surface area contributed by atoms with Crippen molar-refractivity contribution in [3.63, 3.8) is 0 Å². The molecule has 1 heterocycles. The van der Waals surface area contributed by atoms with Crippen molar-refractivity contribution in [1.29, 1.82) is 0 Å². The molecule has 5 heteroatoms. The van der Waals surface area contributed by atoms with Gasteiger partial charge in [0.1, 0.15) is 0 Å². The minimum atomic E-state index is -0.242. The molecule has 0 spiro atoms. The summed E-state index contributed by atoms with van der Waals surface area (Å²) in [5.74, 6) is -0.957. The molecule has 1 aliphatic heterocycles. The number of nitrogens with zero attached hydrogens (tertiary/aromatic N) is 1. The number of carbonyl (C=O) groups excluding carboxylic acids is 3. The predicted molar refractivity (Wildman–Crippen MR) is 99.3 cm³/mol. The second-order valence-electron chi connectivity index (χ2n) is 6.81. The minimum absolute atomic E-state index is 0.105. The second-order valence-corrected chi connectivity index (χ2v) is 6.81. The topological polar surface area (TPSA) is 66.5 Å². The van der Waals surface area contributed by atoms with Crippen LogP contribution in [0.1, 0.15) is 19.3 Å². The quantitative estimate of drug-likeness (QED) is 0.682. The van der Waals surface area contributed by atoms with Gasteiger partial charge < -0.3 is 5.32 Å². The molecular formula is C21H20N2O3. The number of carbonyl (C=O) groups is 3. The monoisotopic (exact) mass is 348 g/mol. The van der Waals surface area contributed by atoms with Gasteiger partial charge in [-0.05, 0) is 24.3 Å². The van der Waals surface area contributed by atoms with Crippen LogP contribution in [-0.2, 0) is 14.4 Å². The van der Waals surface area contributed by atoms with Gasteiger partial charge in [-0.1, -0.05) is 48.6 Å². The first-order valence-corrected chi connectivity index (χ1v) is 8.93. The third-order valence-electron chi connectivity index (χ3n) is 5.23. The van der Waals surface area contributed by atoms with Crippen molar-refractivity contribution in [3.05, 3.63) is 54.6 Å². The van der Waals surface area contributed by atoms with Crippen LogP contribution in [0, 0.1) is 11.8 Å². The third-order valence-corrected chi connectivity index (χ3v) is 5.23. The van der Waals surface area contributed by atoms with Gasteiger partial charge in [-0.2, -0.15) is 0 Å².